The molecule has 0 unspecified atom stereocenters. The number of rotatable bonds is 5. The lowest BCUT2D eigenvalue weighted by Crippen LogP contribution is -2.50. The first-order chi connectivity index (χ1) is 14.3. The molecule has 4 rings (SSSR count). The molecule has 0 radical (unpaired) electrons. The molecule has 1 atom stereocenters. The lowest BCUT2D eigenvalue weighted by Gasteiger charge is -2.37. The second kappa shape index (κ2) is 8.86. The molecule has 0 saturated carbocycles. The van der Waals surface area contributed by atoms with Gasteiger partial charge in [0.05, 0.1) is 11.6 Å². The molecule has 1 aliphatic rings. The number of benzene rings is 2. The van der Waals surface area contributed by atoms with Gasteiger partial charge < -0.3 is 9.80 Å². The summed E-state index contributed by atoms with van der Waals surface area (Å²) in [5.74, 6) is 1.08. The molecular weight excluding hydrogens is 360 g/mol. The van der Waals surface area contributed by atoms with Crippen LogP contribution in [0.4, 0.5) is 5.82 Å². The van der Waals surface area contributed by atoms with Crippen molar-refractivity contribution in [3.05, 3.63) is 78.6 Å². The first-order valence-corrected chi connectivity index (χ1v) is 10.2. The largest absolute Gasteiger partial charge is 0.353 e. The van der Waals surface area contributed by atoms with E-state index in [1.807, 2.05) is 59.5 Å². The monoisotopic (exact) mass is 386 g/mol. The van der Waals surface area contributed by atoms with Gasteiger partial charge in [0, 0.05) is 37.8 Å². The minimum absolute atomic E-state index is 0.0634. The van der Waals surface area contributed by atoms with Gasteiger partial charge in [0.2, 0.25) is 5.91 Å². The van der Waals surface area contributed by atoms with Crippen molar-refractivity contribution in [2.75, 3.05) is 31.1 Å². The number of nitrogens with zero attached hydrogens (tertiary/aromatic N) is 4. The molecule has 5 nitrogen and oxygen atoms in total. The van der Waals surface area contributed by atoms with Gasteiger partial charge in [-0.3, -0.25) is 4.79 Å². The van der Waals surface area contributed by atoms with Crippen LogP contribution in [0.1, 0.15) is 24.8 Å². The van der Waals surface area contributed by atoms with Crippen LogP contribution in [0.5, 0.6) is 0 Å². The van der Waals surface area contributed by atoms with Crippen molar-refractivity contribution < 1.29 is 4.79 Å². The van der Waals surface area contributed by atoms with E-state index in [1.165, 1.54) is 0 Å². The highest BCUT2D eigenvalue weighted by Crippen LogP contribution is 2.25. The van der Waals surface area contributed by atoms with Gasteiger partial charge in [-0.15, -0.1) is 0 Å². The molecule has 148 valence electrons. The van der Waals surface area contributed by atoms with Gasteiger partial charge in [-0.1, -0.05) is 67.6 Å². The summed E-state index contributed by atoms with van der Waals surface area (Å²) < 4.78 is 0. The number of amides is 1. The quantitative estimate of drug-likeness (QED) is 0.665. The highest BCUT2D eigenvalue weighted by Gasteiger charge is 2.28. The van der Waals surface area contributed by atoms with Crippen LogP contribution >= 0.6 is 0 Å². The van der Waals surface area contributed by atoms with Crippen LogP contribution in [-0.2, 0) is 4.79 Å². The van der Waals surface area contributed by atoms with Crippen molar-refractivity contribution in [1.82, 2.24) is 14.9 Å². The fraction of sp³-hybridized carbons (Fsp3) is 0.292. The van der Waals surface area contributed by atoms with E-state index in [4.69, 9.17) is 0 Å². The topological polar surface area (TPSA) is 49.3 Å². The summed E-state index contributed by atoms with van der Waals surface area (Å²) in [6.45, 7) is 5.07. The number of hydrogen-bond donors (Lipinski definition) is 0. The summed E-state index contributed by atoms with van der Waals surface area (Å²) in [5, 5.41) is 0. The fourth-order valence-corrected chi connectivity index (χ4v) is 3.90. The van der Waals surface area contributed by atoms with Gasteiger partial charge in [-0.05, 0) is 12.0 Å². The molecule has 0 aliphatic carbocycles. The molecule has 1 saturated heterocycles. The van der Waals surface area contributed by atoms with Crippen LogP contribution in [0.15, 0.2) is 73.1 Å². The van der Waals surface area contributed by atoms with E-state index in [1.54, 1.807) is 6.33 Å². The van der Waals surface area contributed by atoms with Gasteiger partial charge in [0.15, 0.2) is 0 Å². The van der Waals surface area contributed by atoms with Gasteiger partial charge in [0.25, 0.3) is 0 Å². The second-order valence-electron chi connectivity index (χ2n) is 7.31. The van der Waals surface area contributed by atoms with Crippen molar-refractivity contribution in [2.45, 2.75) is 19.3 Å². The number of carbonyl (C=O) groups excluding carboxylic acids is 1. The van der Waals surface area contributed by atoms with Gasteiger partial charge in [0.1, 0.15) is 12.1 Å². The number of piperazine rings is 1. The van der Waals surface area contributed by atoms with E-state index < -0.39 is 0 Å². The summed E-state index contributed by atoms with van der Waals surface area (Å²) in [7, 11) is 0. The molecular formula is C24H26N4O. The van der Waals surface area contributed by atoms with Crippen molar-refractivity contribution in [2.24, 2.45) is 0 Å². The maximum Gasteiger partial charge on any atom is 0.230 e. The molecule has 2 aromatic carbocycles. The Morgan fingerprint density at radius 1 is 0.931 bits per heavy atom. The van der Waals surface area contributed by atoms with E-state index in [2.05, 4.69) is 33.9 Å². The summed E-state index contributed by atoms with van der Waals surface area (Å²) in [4.78, 5) is 26.2. The van der Waals surface area contributed by atoms with E-state index in [0.717, 1.165) is 42.1 Å². The third-order valence-electron chi connectivity index (χ3n) is 5.55. The van der Waals surface area contributed by atoms with Crippen LogP contribution in [0.25, 0.3) is 11.3 Å². The Bertz CT molecular complexity index is 937. The predicted molar refractivity (Wildman–Crippen MR) is 116 cm³/mol. The number of aromatic nitrogens is 2. The molecule has 29 heavy (non-hydrogen) atoms. The smallest absolute Gasteiger partial charge is 0.230 e. The summed E-state index contributed by atoms with van der Waals surface area (Å²) in [5.41, 5.74) is 3.11. The summed E-state index contributed by atoms with van der Waals surface area (Å²) in [6, 6.07) is 22.3. The van der Waals surface area contributed by atoms with Crippen LogP contribution in [-0.4, -0.2) is 47.0 Å². The summed E-state index contributed by atoms with van der Waals surface area (Å²) in [6.07, 6.45) is 2.44. The standard InChI is InChI=1S/C24H26N4O/c1-2-21(19-9-5-3-6-10-19)24(29)28-15-13-27(14-16-28)23-17-22(25-18-26-23)20-11-7-4-8-12-20/h3-12,17-18,21H,2,13-16H2,1H3/t21-/m0/s1. The van der Waals surface area contributed by atoms with Crippen LogP contribution in [0, 0.1) is 0 Å². The Labute approximate surface area is 172 Å². The molecule has 2 heterocycles. The molecule has 1 aliphatic heterocycles. The Morgan fingerprint density at radius 2 is 1.59 bits per heavy atom. The van der Waals surface area contributed by atoms with Crippen molar-refractivity contribution >= 4 is 11.7 Å². The Morgan fingerprint density at radius 3 is 2.24 bits per heavy atom. The zero-order valence-corrected chi connectivity index (χ0v) is 16.7. The lowest BCUT2D eigenvalue weighted by atomic mass is 9.95. The fourth-order valence-electron chi connectivity index (χ4n) is 3.90. The first kappa shape index (κ1) is 19.1. The van der Waals surface area contributed by atoms with Crippen molar-refractivity contribution in [1.29, 1.82) is 0 Å². The van der Waals surface area contributed by atoms with Crippen LogP contribution < -0.4 is 4.90 Å². The third-order valence-corrected chi connectivity index (χ3v) is 5.55. The minimum Gasteiger partial charge on any atom is -0.353 e. The molecule has 3 aromatic rings. The number of hydrogen-bond acceptors (Lipinski definition) is 4. The van der Waals surface area contributed by atoms with Gasteiger partial charge in [-0.25, -0.2) is 9.97 Å². The molecule has 1 amide bonds. The number of carbonyl (C=O) groups is 1. The minimum atomic E-state index is -0.0634. The van der Waals surface area contributed by atoms with Crippen molar-refractivity contribution in [3.8, 4) is 11.3 Å². The van der Waals surface area contributed by atoms with E-state index in [0.29, 0.717) is 13.1 Å². The molecule has 1 aromatic heterocycles. The van der Waals surface area contributed by atoms with E-state index >= 15 is 0 Å². The number of anilines is 1. The normalized spacial score (nSPS) is 15.2. The predicted octanol–water partition coefficient (Wildman–Crippen LogP) is 3.99. The molecule has 5 heteroatoms. The maximum atomic E-state index is 13.1. The average Bonchev–Trinajstić information content (AvgIpc) is 2.81. The van der Waals surface area contributed by atoms with E-state index in [9.17, 15) is 4.79 Å². The van der Waals surface area contributed by atoms with Crippen LogP contribution in [0.2, 0.25) is 0 Å². The molecule has 0 N–H and O–H groups in total. The Hall–Kier alpha value is -3.21. The first-order valence-electron chi connectivity index (χ1n) is 10.2. The highest BCUT2D eigenvalue weighted by atomic mass is 16.2. The highest BCUT2D eigenvalue weighted by molar-refractivity contribution is 5.84. The molecule has 0 bridgehead atoms. The Kier molecular flexibility index (Phi) is 5.84. The van der Waals surface area contributed by atoms with E-state index in [-0.39, 0.29) is 11.8 Å². The zero-order chi connectivity index (χ0) is 20.1. The average molecular weight is 386 g/mol. The summed E-state index contributed by atoms with van der Waals surface area (Å²) >= 11 is 0. The maximum absolute atomic E-state index is 13.1. The zero-order valence-electron chi connectivity index (χ0n) is 16.7. The molecule has 0 spiro atoms. The van der Waals surface area contributed by atoms with Gasteiger partial charge >= 0.3 is 0 Å². The van der Waals surface area contributed by atoms with Crippen molar-refractivity contribution in [3.63, 3.8) is 0 Å². The Balaban J connectivity index is 1.43. The van der Waals surface area contributed by atoms with Gasteiger partial charge in [-0.2, -0.15) is 0 Å². The second-order valence-corrected chi connectivity index (χ2v) is 7.31. The van der Waals surface area contributed by atoms with Crippen LogP contribution in [0.3, 0.4) is 0 Å². The third kappa shape index (κ3) is 4.29. The lowest BCUT2D eigenvalue weighted by molar-refractivity contribution is -0.133. The molecule has 1 fully saturated rings. The SMILES string of the molecule is CC[C@H](C(=O)N1CCN(c2cc(-c3ccccc3)ncn2)CC1)c1ccccc1.